The van der Waals surface area contributed by atoms with E-state index in [1.165, 1.54) is 13.2 Å². The van der Waals surface area contributed by atoms with Gasteiger partial charge in [-0.3, -0.25) is 9.59 Å². The van der Waals surface area contributed by atoms with E-state index in [-0.39, 0.29) is 18.0 Å². The third-order valence-corrected chi connectivity index (χ3v) is 7.68. The van der Waals surface area contributed by atoms with Gasteiger partial charge in [0, 0.05) is 29.4 Å². The summed E-state index contributed by atoms with van der Waals surface area (Å²) in [5.41, 5.74) is 0.719. The summed E-state index contributed by atoms with van der Waals surface area (Å²) < 4.78 is 22.8. The molecule has 2 aliphatic carbocycles. The second-order valence-corrected chi connectivity index (χ2v) is 9.13. The minimum absolute atomic E-state index is 0.252. The van der Waals surface area contributed by atoms with Crippen LogP contribution in [-0.2, 0) is 28.6 Å². The van der Waals surface area contributed by atoms with Crippen LogP contribution >= 0.6 is 0 Å². The first kappa shape index (κ1) is 18.5. The third kappa shape index (κ3) is 2.16. The van der Waals surface area contributed by atoms with Gasteiger partial charge in [0.15, 0.2) is 0 Å². The molecule has 1 aromatic rings. The van der Waals surface area contributed by atoms with Gasteiger partial charge in [0.2, 0.25) is 0 Å². The van der Waals surface area contributed by atoms with Crippen molar-refractivity contribution >= 4 is 17.9 Å². The van der Waals surface area contributed by atoms with Crippen molar-refractivity contribution < 1.29 is 33.0 Å². The number of furan rings is 1. The van der Waals surface area contributed by atoms with Crippen LogP contribution in [0, 0.1) is 22.7 Å². The van der Waals surface area contributed by atoms with Crippen molar-refractivity contribution in [2.45, 2.75) is 58.8 Å². The molecule has 0 amide bonds. The van der Waals surface area contributed by atoms with Gasteiger partial charge in [-0.05, 0) is 38.3 Å². The van der Waals surface area contributed by atoms with Crippen molar-refractivity contribution in [2.75, 3.05) is 0 Å². The molecule has 7 atom stereocenters. The number of hydrogen-bond acceptors (Lipinski definition) is 7. The first-order valence-corrected chi connectivity index (χ1v) is 10.0. The zero-order valence-corrected chi connectivity index (χ0v) is 16.9. The number of esters is 3. The predicted octanol–water partition coefficient (Wildman–Crippen LogP) is 3.10. The first-order chi connectivity index (χ1) is 13.7. The molecule has 6 rings (SSSR count). The van der Waals surface area contributed by atoms with Gasteiger partial charge in [0.25, 0.3) is 0 Å². The van der Waals surface area contributed by atoms with E-state index in [1.54, 1.807) is 19.3 Å². The normalized spacial score (nSPS) is 42.8. The summed E-state index contributed by atoms with van der Waals surface area (Å²) in [7, 11) is 0. The van der Waals surface area contributed by atoms with Gasteiger partial charge >= 0.3 is 17.9 Å². The minimum Gasteiger partial charge on any atom is -0.472 e. The van der Waals surface area contributed by atoms with Gasteiger partial charge in [-0.2, -0.15) is 0 Å². The molecule has 2 saturated carbocycles. The molecule has 7 heteroatoms. The van der Waals surface area contributed by atoms with E-state index in [9.17, 15) is 14.4 Å². The van der Waals surface area contributed by atoms with Crippen molar-refractivity contribution in [3.63, 3.8) is 0 Å². The average Bonchev–Trinajstić information content (AvgIpc) is 3.26. The molecule has 154 valence electrons. The maximum atomic E-state index is 12.9. The number of fused-ring (bicyclic) bond motifs is 3. The third-order valence-electron chi connectivity index (χ3n) is 7.68. The second-order valence-electron chi connectivity index (χ2n) is 9.13. The van der Waals surface area contributed by atoms with Crippen LogP contribution in [0.1, 0.15) is 52.2 Å². The molecule has 2 saturated heterocycles. The molecule has 0 unspecified atom stereocenters. The van der Waals surface area contributed by atoms with Crippen LogP contribution in [-0.4, -0.2) is 30.1 Å². The van der Waals surface area contributed by atoms with E-state index in [0.717, 1.165) is 12.0 Å². The molecule has 5 aliphatic rings. The molecule has 1 aromatic heterocycles. The summed E-state index contributed by atoms with van der Waals surface area (Å²) in [6.45, 7) is 7.07. The Morgan fingerprint density at radius 1 is 1.24 bits per heavy atom. The lowest BCUT2D eigenvalue weighted by Gasteiger charge is -2.57. The molecular formula is C22H24O7. The van der Waals surface area contributed by atoms with Crippen LogP contribution in [0.5, 0.6) is 0 Å². The molecule has 3 aliphatic heterocycles. The summed E-state index contributed by atoms with van der Waals surface area (Å²) >= 11 is 0. The fourth-order valence-electron chi connectivity index (χ4n) is 6.61. The lowest BCUT2D eigenvalue weighted by Crippen LogP contribution is -2.62. The smallest absolute Gasteiger partial charge is 0.334 e. The molecule has 4 heterocycles. The van der Waals surface area contributed by atoms with Crippen LogP contribution in [0.3, 0.4) is 0 Å². The summed E-state index contributed by atoms with van der Waals surface area (Å²) in [6.07, 6.45) is 2.85. The number of hydrogen-bond donors (Lipinski definition) is 0. The van der Waals surface area contributed by atoms with Crippen molar-refractivity contribution in [2.24, 2.45) is 22.7 Å². The molecule has 0 radical (unpaired) electrons. The van der Waals surface area contributed by atoms with Crippen LogP contribution in [0.15, 0.2) is 34.2 Å². The van der Waals surface area contributed by atoms with E-state index in [0.29, 0.717) is 17.6 Å². The second kappa shape index (κ2) is 5.74. The number of ether oxygens (including phenoxy) is 3. The van der Waals surface area contributed by atoms with E-state index < -0.39 is 40.9 Å². The SMILES string of the molecule is CC(=O)O[C@@H]1[C@@H]2C(=C(C)C(=O)O[C@H]2c2ccoc2)[C@]2(C)[C@@H]3CC[C@@](C)(C(=O)O3)[C@@H]12. The highest BCUT2D eigenvalue weighted by molar-refractivity contribution is 5.91. The Labute approximate surface area is 168 Å². The van der Waals surface area contributed by atoms with Gasteiger partial charge < -0.3 is 18.6 Å². The van der Waals surface area contributed by atoms with E-state index in [2.05, 4.69) is 0 Å². The number of rotatable bonds is 2. The molecular weight excluding hydrogens is 376 g/mol. The fourth-order valence-corrected chi connectivity index (χ4v) is 6.61. The topological polar surface area (TPSA) is 92.0 Å². The average molecular weight is 400 g/mol. The zero-order valence-electron chi connectivity index (χ0n) is 16.9. The maximum absolute atomic E-state index is 12.9. The summed E-state index contributed by atoms with van der Waals surface area (Å²) in [5.74, 6) is -1.75. The van der Waals surface area contributed by atoms with Crippen molar-refractivity contribution in [3.05, 3.63) is 35.3 Å². The maximum Gasteiger partial charge on any atom is 0.334 e. The highest BCUT2D eigenvalue weighted by Crippen LogP contribution is 2.70. The summed E-state index contributed by atoms with van der Waals surface area (Å²) in [4.78, 5) is 37.8. The van der Waals surface area contributed by atoms with Gasteiger partial charge in [0.1, 0.15) is 18.3 Å². The zero-order chi connectivity index (χ0) is 20.7. The first-order valence-electron chi connectivity index (χ1n) is 10.0. The van der Waals surface area contributed by atoms with Crippen molar-refractivity contribution in [1.29, 1.82) is 0 Å². The van der Waals surface area contributed by atoms with Gasteiger partial charge in [-0.15, -0.1) is 0 Å². The monoisotopic (exact) mass is 400 g/mol. The molecule has 7 nitrogen and oxygen atoms in total. The fraction of sp³-hybridized carbons (Fsp3) is 0.591. The molecule has 0 spiro atoms. The largest absolute Gasteiger partial charge is 0.472 e. The van der Waals surface area contributed by atoms with Crippen LogP contribution in [0.25, 0.3) is 0 Å². The summed E-state index contributed by atoms with van der Waals surface area (Å²) in [6, 6.07) is 1.75. The Balaban J connectivity index is 1.77. The molecule has 0 N–H and O–H groups in total. The lowest BCUT2D eigenvalue weighted by atomic mass is 9.52. The van der Waals surface area contributed by atoms with Crippen LogP contribution < -0.4 is 0 Å². The minimum atomic E-state index is -0.793. The van der Waals surface area contributed by atoms with Gasteiger partial charge in [-0.25, -0.2) is 4.79 Å². The Hall–Kier alpha value is -2.57. The van der Waals surface area contributed by atoms with E-state index >= 15 is 0 Å². The Morgan fingerprint density at radius 2 is 2.00 bits per heavy atom. The highest BCUT2D eigenvalue weighted by atomic mass is 16.6. The molecule has 4 fully saturated rings. The van der Waals surface area contributed by atoms with Crippen molar-refractivity contribution in [3.8, 4) is 0 Å². The van der Waals surface area contributed by atoms with E-state index in [1.807, 2.05) is 13.8 Å². The van der Waals surface area contributed by atoms with Gasteiger partial charge in [0.05, 0.1) is 23.9 Å². The molecule has 2 bridgehead atoms. The standard InChI is InChI=1S/C22H24O7/c1-10-15-14(16(29-19(10)24)12-6-8-26-9-12)17(27-11(2)23)18-21(3)7-5-13(22(15,18)4)28-20(21)25/h6,8-9,13-14,16-18H,5,7H2,1-4H3/t13-,14+,16-,17+,18+,21+,22-/m0/s1. The van der Waals surface area contributed by atoms with Crippen molar-refractivity contribution in [1.82, 2.24) is 0 Å². The number of cyclic esters (lactones) is 1. The highest BCUT2D eigenvalue weighted by Gasteiger charge is 2.75. The number of carbonyl (C=O) groups excluding carboxylic acids is 3. The quantitative estimate of drug-likeness (QED) is 0.556. The van der Waals surface area contributed by atoms with Crippen LogP contribution in [0.4, 0.5) is 0 Å². The lowest BCUT2D eigenvalue weighted by molar-refractivity contribution is -0.223. The Kier molecular flexibility index (Phi) is 3.65. The molecule has 29 heavy (non-hydrogen) atoms. The van der Waals surface area contributed by atoms with E-state index in [4.69, 9.17) is 18.6 Å². The molecule has 0 aromatic carbocycles. The Bertz CT molecular complexity index is 944. The van der Waals surface area contributed by atoms with Gasteiger partial charge in [-0.1, -0.05) is 6.92 Å². The Morgan fingerprint density at radius 3 is 2.62 bits per heavy atom. The summed E-state index contributed by atoms with van der Waals surface area (Å²) in [5, 5.41) is 0. The number of carbonyl (C=O) groups is 3. The van der Waals surface area contributed by atoms with Crippen LogP contribution in [0.2, 0.25) is 0 Å². The predicted molar refractivity (Wildman–Crippen MR) is 98.1 cm³/mol.